The van der Waals surface area contributed by atoms with Crippen molar-refractivity contribution in [2.24, 2.45) is 0 Å². The van der Waals surface area contributed by atoms with Crippen LogP contribution in [0.15, 0.2) is 53.5 Å². The molecule has 0 spiro atoms. The number of hydrogen-bond acceptors (Lipinski definition) is 1. The summed E-state index contributed by atoms with van der Waals surface area (Å²) < 4.78 is 3.13. The third kappa shape index (κ3) is 3.06. The fourth-order valence-corrected chi connectivity index (χ4v) is 1.73. The van der Waals surface area contributed by atoms with E-state index in [0.717, 1.165) is 11.0 Å². The Bertz CT molecular complexity index is 446. The summed E-state index contributed by atoms with van der Waals surface area (Å²) >= 11 is 3.44. The van der Waals surface area contributed by atoms with Crippen LogP contribution in [-0.4, -0.2) is 9.55 Å². The van der Waals surface area contributed by atoms with Gasteiger partial charge in [0.2, 0.25) is 0 Å². The van der Waals surface area contributed by atoms with E-state index in [1.165, 1.54) is 5.56 Å². The Morgan fingerprint density at radius 1 is 1.40 bits per heavy atom. The van der Waals surface area contributed by atoms with Crippen LogP contribution in [0.5, 0.6) is 0 Å². The smallest absolute Gasteiger partial charge is 0.0948 e. The number of hydrogen-bond donors (Lipinski definition) is 0. The van der Waals surface area contributed by atoms with Gasteiger partial charge in [0.05, 0.1) is 6.33 Å². The van der Waals surface area contributed by atoms with Gasteiger partial charge in [0.25, 0.3) is 0 Å². The van der Waals surface area contributed by atoms with Crippen molar-refractivity contribution in [1.82, 2.24) is 9.55 Å². The highest BCUT2D eigenvalue weighted by Gasteiger charge is 1.88. The maximum Gasteiger partial charge on any atom is 0.0948 e. The molecule has 76 valence electrons. The lowest BCUT2D eigenvalue weighted by atomic mass is 10.2. The summed E-state index contributed by atoms with van der Waals surface area (Å²) in [6.07, 6.45) is 9.76. The van der Waals surface area contributed by atoms with Crippen LogP contribution in [0.25, 0.3) is 6.08 Å². The standard InChI is InChI=1S/C12H11BrN2/c13-12-5-1-3-11(9-12)4-2-7-15-8-6-14-10-15/h1-6,8-10H,7H2. The average Bonchev–Trinajstić information content (AvgIpc) is 2.71. The fourth-order valence-electron chi connectivity index (χ4n) is 1.32. The van der Waals surface area contributed by atoms with Gasteiger partial charge in [-0.2, -0.15) is 0 Å². The van der Waals surface area contributed by atoms with Gasteiger partial charge in [-0.1, -0.05) is 40.2 Å². The van der Waals surface area contributed by atoms with Crippen LogP contribution in [0.4, 0.5) is 0 Å². The number of benzene rings is 1. The molecule has 1 heterocycles. The summed E-state index contributed by atoms with van der Waals surface area (Å²) in [5.74, 6) is 0. The van der Waals surface area contributed by atoms with Gasteiger partial charge in [0, 0.05) is 23.4 Å². The second kappa shape index (κ2) is 4.94. The molecule has 0 N–H and O–H groups in total. The predicted molar refractivity (Wildman–Crippen MR) is 65.4 cm³/mol. The number of rotatable bonds is 3. The minimum atomic E-state index is 0.854. The molecular weight excluding hydrogens is 252 g/mol. The average molecular weight is 263 g/mol. The number of nitrogens with zero attached hydrogens (tertiary/aromatic N) is 2. The molecule has 15 heavy (non-hydrogen) atoms. The molecule has 0 atom stereocenters. The van der Waals surface area contributed by atoms with E-state index in [1.807, 2.05) is 29.2 Å². The summed E-state index contributed by atoms with van der Waals surface area (Å²) in [7, 11) is 0. The Hall–Kier alpha value is -1.35. The van der Waals surface area contributed by atoms with E-state index in [-0.39, 0.29) is 0 Å². The molecule has 0 saturated carbocycles. The van der Waals surface area contributed by atoms with Crippen molar-refractivity contribution in [2.75, 3.05) is 0 Å². The topological polar surface area (TPSA) is 17.8 Å². The quantitative estimate of drug-likeness (QED) is 0.830. The second-order valence-electron chi connectivity index (χ2n) is 3.22. The van der Waals surface area contributed by atoms with Crippen molar-refractivity contribution in [3.63, 3.8) is 0 Å². The molecule has 1 aromatic carbocycles. The molecule has 1 aromatic heterocycles. The van der Waals surface area contributed by atoms with E-state index >= 15 is 0 Å². The number of halogens is 1. The largest absolute Gasteiger partial charge is 0.334 e. The first-order chi connectivity index (χ1) is 7.34. The highest BCUT2D eigenvalue weighted by molar-refractivity contribution is 9.10. The van der Waals surface area contributed by atoms with Crippen LogP contribution in [-0.2, 0) is 6.54 Å². The molecule has 0 bridgehead atoms. The summed E-state index contributed by atoms with van der Waals surface area (Å²) in [6, 6.07) is 8.22. The van der Waals surface area contributed by atoms with E-state index < -0.39 is 0 Å². The third-order valence-electron chi connectivity index (χ3n) is 2.03. The minimum absolute atomic E-state index is 0.854. The molecule has 0 aliphatic heterocycles. The summed E-state index contributed by atoms with van der Waals surface area (Å²) in [4.78, 5) is 3.98. The first-order valence-electron chi connectivity index (χ1n) is 4.72. The molecule has 0 fully saturated rings. The van der Waals surface area contributed by atoms with Crippen LogP contribution in [0.3, 0.4) is 0 Å². The summed E-state index contributed by atoms with van der Waals surface area (Å²) in [5, 5.41) is 0. The zero-order valence-electron chi connectivity index (χ0n) is 8.18. The Kier molecular flexibility index (Phi) is 3.35. The Morgan fingerprint density at radius 3 is 3.07 bits per heavy atom. The Labute approximate surface area is 97.4 Å². The second-order valence-corrected chi connectivity index (χ2v) is 4.13. The van der Waals surface area contributed by atoms with Crippen LogP contribution < -0.4 is 0 Å². The van der Waals surface area contributed by atoms with E-state index in [2.05, 4.69) is 45.2 Å². The van der Waals surface area contributed by atoms with Gasteiger partial charge in [-0.3, -0.25) is 0 Å². The normalized spacial score (nSPS) is 11.0. The van der Waals surface area contributed by atoms with Gasteiger partial charge < -0.3 is 4.57 Å². The number of allylic oxidation sites excluding steroid dienone is 1. The predicted octanol–water partition coefficient (Wildman–Crippen LogP) is 3.36. The number of imidazole rings is 1. The maximum absolute atomic E-state index is 3.98. The van der Waals surface area contributed by atoms with Crippen LogP contribution in [0, 0.1) is 0 Å². The SMILES string of the molecule is Brc1cccc(C=CCn2ccnc2)c1. The molecule has 0 unspecified atom stereocenters. The van der Waals surface area contributed by atoms with Crippen molar-refractivity contribution in [3.05, 3.63) is 59.1 Å². The maximum atomic E-state index is 3.98. The minimum Gasteiger partial charge on any atom is -0.334 e. The van der Waals surface area contributed by atoms with Gasteiger partial charge >= 0.3 is 0 Å². The summed E-state index contributed by atoms with van der Waals surface area (Å²) in [6.45, 7) is 0.854. The first kappa shape index (κ1) is 10.2. The van der Waals surface area contributed by atoms with E-state index in [1.54, 1.807) is 6.20 Å². The van der Waals surface area contributed by atoms with Crippen molar-refractivity contribution in [3.8, 4) is 0 Å². The van der Waals surface area contributed by atoms with Crippen LogP contribution in [0.1, 0.15) is 5.56 Å². The highest BCUT2D eigenvalue weighted by Crippen LogP contribution is 2.12. The van der Waals surface area contributed by atoms with Gasteiger partial charge in [-0.25, -0.2) is 4.98 Å². The third-order valence-corrected chi connectivity index (χ3v) is 2.53. The molecule has 3 heteroatoms. The number of aromatic nitrogens is 2. The molecule has 0 aliphatic rings. The van der Waals surface area contributed by atoms with Crippen molar-refractivity contribution in [2.45, 2.75) is 6.54 Å². The summed E-state index contributed by atoms with van der Waals surface area (Å²) in [5.41, 5.74) is 1.20. The zero-order chi connectivity index (χ0) is 10.5. The van der Waals surface area contributed by atoms with E-state index in [4.69, 9.17) is 0 Å². The highest BCUT2D eigenvalue weighted by atomic mass is 79.9. The molecule has 0 radical (unpaired) electrons. The molecule has 2 aromatic rings. The molecule has 0 amide bonds. The van der Waals surface area contributed by atoms with Gasteiger partial charge in [0.1, 0.15) is 0 Å². The van der Waals surface area contributed by atoms with Crippen molar-refractivity contribution >= 4 is 22.0 Å². The van der Waals surface area contributed by atoms with Gasteiger partial charge in [-0.15, -0.1) is 0 Å². The monoisotopic (exact) mass is 262 g/mol. The lowest BCUT2D eigenvalue weighted by Gasteiger charge is -1.96. The Balaban J connectivity index is 2.00. The van der Waals surface area contributed by atoms with E-state index in [0.29, 0.717) is 0 Å². The lowest BCUT2D eigenvalue weighted by molar-refractivity contribution is 0.823. The zero-order valence-corrected chi connectivity index (χ0v) is 9.76. The Morgan fingerprint density at radius 2 is 2.33 bits per heavy atom. The lowest BCUT2D eigenvalue weighted by Crippen LogP contribution is -1.89. The molecule has 0 saturated heterocycles. The molecule has 2 rings (SSSR count). The van der Waals surface area contributed by atoms with Crippen molar-refractivity contribution < 1.29 is 0 Å². The van der Waals surface area contributed by atoms with Gasteiger partial charge in [0.15, 0.2) is 0 Å². The fraction of sp³-hybridized carbons (Fsp3) is 0.0833. The van der Waals surface area contributed by atoms with Crippen LogP contribution >= 0.6 is 15.9 Å². The van der Waals surface area contributed by atoms with Gasteiger partial charge in [-0.05, 0) is 17.7 Å². The molecule has 2 nitrogen and oxygen atoms in total. The molecule has 0 aliphatic carbocycles. The molecular formula is C12H11BrN2. The van der Waals surface area contributed by atoms with Crippen LogP contribution in [0.2, 0.25) is 0 Å². The first-order valence-corrected chi connectivity index (χ1v) is 5.52. The van der Waals surface area contributed by atoms with E-state index in [9.17, 15) is 0 Å². The van der Waals surface area contributed by atoms with Crippen molar-refractivity contribution in [1.29, 1.82) is 0 Å².